The average Bonchev–Trinajstić information content (AvgIpc) is 3.06. The second kappa shape index (κ2) is 8.31. The van der Waals surface area contributed by atoms with Gasteiger partial charge in [0.25, 0.3) is 0 Å². The molecule has 4 rings (SSSR count). The van der Waals surface area contributed by atoms with Gasteiger partial charge in [0.15, 0.2) is 0 Å². The fourth-order valence-electron chi connectivity index (χ4n) is 3.84. The van der Waals surface area contributed by atoms with Crippen molar-refractivity contribution in [3.63, 3.8) is 0 Å². The summed E-state index contributed by atoms with van der Waals surface area (Å²) < 4.78 is 7.95. The maximum atomic E-state index is 13.0. The fourth-order valence-corrected chi connectivity index (χ4v) is 3.84. The first kappa shape index (κ1) is 18.9. The van der Waals surface area contributed by atoms with Gasteiger partial charge in [0.1, 0.15) is 5.82 Å². The number of pyridine rings is 1. The van der Waals surface area contributed by atoms with Gasteiger partial charge in [0.05, 0.1) is 6.10 Å². The minimum Gasteiger partial charge on any atom is -0.376 e. The summed E-state index contributed by atoms with van der Waals surface area (Å²) in [4.78, 5) is 23.3. The Balaban J connectivity index is 1.36. The second-order valence-electron chi connectivity index (χ2n) is 8.13. The Morgan fingerprint density at radius 1 is 1.36 bits per heavy atom. The van der Waals surface area contributed by atoms with Crippen molar-refractivity contribution in [2.24, 2.45) is 5.41 Å². The molecule has 7 heteroatoms. The minimum absolute atomic E-state index is 0.0130. The highest BCUT2D eigenvalue weighted by Gasteiger charge is 2.43. The summed E-state index contributed by atoms with van der Waals surface area (Å²) in [5.74, 6) is 1.02. The zero-order valence-corrected chi connectivity index (χ0v) is 16.5. The predicted molar refractivity (Wildman–Crippen MR) is 106 cm³/mol. The third-order valence-electron chi connectivity index (χ3n) is 5.86. The van der Waals surface area contributed by atoms with Crippen LogP contribution in [0.25, 0.3) is 0 Å². The minimum atomic E-state index is -0.0130. The van der Waals surface area contributed by atoms with Crippen LogP contribution in [0.4, 0.5) is 4.79 Å². The first-order valence-electron chi connectivity index (χ1n) is 10.1. The highest BCUT2D eigenvalue weighted by Crippen LogP contribution is 2.46. The Labute approximate surface area is 166 Å². The van der Waals surface area contributed by atoms with Crippen molar-refractivity contribution in [2.45, 2.75) is 51.8 Å². The van der Waals surface area contributed by atoms with Crippen molar-refractivity contribution in [1.29, 1.82) is 0 Å². The van der Waals surface area contributed by atoms with Gasteiger partial charge in [-0.1, -0.05) is 0 Å². The third kappa shape index (κ3) is 4.70. The van der Waals surface area contributed by atoms with Crippen LogP contribution >= 0.6 is 0 Å². The molecule has 1 unspecified atom stereocenters. The molecule has 2 fully saturated rings. The monoisotopic (exact) mass is 383 g/mol. The summed E-state index contributed by atoms with van der Waals surface area (Å²) in [6.45, 7) is 5.62. The topological polar surface area (TPSA) is 72.3 Å². The van der Waals surface area contributed by atoms with Crippen LogP contribution in [0.15, 0.2) is 36.9 Å². The number of carbonyl (C=O) groups is 1. The van der Waals surface area contributed by atoms with Gasteiger partial charge in [-0.05, 0) is 50.3 Å². The molecule has 0 aromatic carbocycles. The van der Waals surface area contributed by atoms with E-state index in [1.807, 2.05) is 36.4 Å². The van der Waals surface area contributed by atoms with E-state index in [1.54, 1.807) is 12.4 Å². The summed E-state index contributed by atoms with van der Waals surface area (Å²) in [5.41, 5.74) is 1.24. The van der Waals surface area contributed by atoms with Crippen LogP contribution in [0.2, 0.25) is 0 Å². The average molecular weight is 383 g/mol. The van der Waals surface area contributed by atoms with Crippen molar-refractivity contribution < 1.29 is 9.53 Å². The molecular weight excluding hydrogens is 354 g/mol. The number of nitrogens with zero attached hydrogens (tertiary/aromatic N) is 4. The van der Waals surface area contributed by atoms with E-state index in [-0.39, 0.29) is 17.6 Å². The van der Waals surface area contributed by atoms with Crippen molar-refractivity contribution in [3.05, 3.63) is 48.3 Å². The summed E-state index contributed by atoms with van der Waals surface area (Å²) in [6.07, 6.45) is 11.9. The smallest absolute Gasteiger partial charge is 0.317 e. The first-order chi connectivity index (χ1) is 13.6. The number of aromatic nitrogens is 3. The van der Waals surface area contributed by atoms with E-state index in [2.05, 4.69) is 19.9 Å². The van der Waals surface area contributed by atoms with Crippen molar-refractivity contribution >= 4 is 6.03 Å². The molecule has 1 saturated carbocycles. The van der Waals surface area contributed by atoms with Gasteiger partial charge >= 0.3 is 6.03 Å². The molecule has 1 N–H and O–H groups in total. The molecule has 7 nitrogen and oxygen atoms in total. The summed E-state index contributed by atoms with van der Waals surface area (Å²) >= 11 is 0. The van der Waals surface area contributed by atoms with Crippen LogP contribution in [0.1, 0.15) is 37.1 Å². The van der Waals surface area contributed by atoms with Gasteiger partial charge in [-0.15, -0.1) is 0 Å². The van der Waals surface area contributed by atoms with Crippen LogP contribution in [0.3, 0.4) is 0 Å². The van der Waals surface area contributed by atoms with E-state index in [4.69, 9.17) is 4.74 Å². The number of hydrogen-bond donors (Lipinski definition) is 1. The Kier molecular flexibility index (Phi) is 5.62. The van der Waals surface area contributed by atoms with Crippen LogP contribution in [0.5, 0.6) is 0 Å². The Morgan fingerprint density at radius 2 is 2.18 bits per heavy atom. The van der Waals surface area contributed by atoms with Gasteiger partial charge in [0, 0.05) is 63.0 Å². The molecule has 0 bridgehead atoms. The van der Waals surface area contributed by atoms with Crippen LogP contribution in [-0.4, -0.2) is 51.3 Å². The van der Waals surface area contributed by atoms with Crippen molar-refractivity contribution in [2.75, 3.05) is 19.7 Å². The van der Waals surface area contributed by atoms with Crippen LogP contribution in [-0.2, 0) is 17.8 Å². The van der Waals surface area contributed by atoms with Crippen LogP contribution < -0.4 is 5.32 Å². The molecule has 1 saturated heterocycles. The maximum absolute atomic E-state index is 13.0. The molecule has 1 atom stereocenters. The molecule has 1 aliphatic carbocycles. The predicted octanol–water partition coefficient (Wildman–Crippen LogP) is 2.76. The number of urea groups is 1. The SMILES string of the molecule is Cc1nccn1CC1(CNC(=O)N(Cc2ccncc2)CC2CCCO2)CC1. The lowest BCUT2D eigenvalue weighted by molar-refractivity contribution is 0.0791. The number of imidazole rings is 1. The lowest BCUT2D eigenvalue weighted by Crippen LogP contribution is -2.45. The van der Waals surface area contributed by atoms with Crippen molar-refractivity contribution in [1.82, 2.24) is 24.8 Å². The number of hydrogen-bond acceptors (Lipinski definition) is 4. The van der Waals surface area contributed by atoms with Gasteiger partial charge in [-0.3, -0.25) is 4.98 Å². The van der Waals surface area contributed by atoms with Gasteiger partial charge in [-0.2, -0.15) is 0 Å². The summed E-state index contributed by atoms with van der Waals surface area (Å²) in [5, 5.41) is 3.19. The van der Waals surface area contributed by atoms with E-state index in [0.717, 1.165) is 50.2 Å². The fraction of sp³-hybridized carbons (Fsp3) is 0.571. The van der Waals surface area contributed by atoms with E-state index in [9.17, 15) is 4.79 Å². The molecule has 28 heavy (non-hydrogen) atoms. The largest absolute Gasteiger partial charge is 0.376 e. The van der Waals surface area contributed by atoms with E-state index >= 15 is 0 Å². The molecule has 2 aromatic heterocycles. The number of amides is 2. The maximum Gasteiger partial charge on any atom is 0.317 e. The van der Waals surface area contributed by atoms with Crippen LogP contribution in [0, 0.1) is 12.3 Å². The summed E-state index contributed by atoms with van der Waals surface area (Å²) in [6, 6.07) is 3.90. The molecule has 2 aromatic rings. The molecule has 2 aliphatic rings. The van der Waals surface area contributed by atoms with Gasteiger partial charge < -0.3 is 19.5 Å². The zero-order chi connectivity index (χ0) is 19.4. The lowest BCUT2D eigenvalue weighted by Gasteiger charge is -2.27. The van der Waals surface area contributed by atoms with Gasteiger partial charge in [-0.25, -0.2) is 9.78 Å². The van der Waals surface area contributed by atoms with E-state index in [1.165, 1.54) is 0 Å². The Morgan fingerprint density at radius 3 is 2.82 bits per heavy atom. The highest BCUT2D eigenvalue weighted by molar-refractivity contribution is 5.74. The number of aryl methyl sites for hydroxylation is 1. The van der Waals surface area contributed by atoms with Gasteiger partial charge in [0.2, 0.25) is 0 Å². The Hall–Kier alpha value is -2.41. The second-order valence-corrected chi connectivity index (χ2v) is 8.13. The first-order valence-corrected chi connectivity index (χ1v) is 10.1. The molecule has 0 radical (unpaired) electrons. The molecule has 1 aliphatic heterocycles. The van der Waals surface area contributed by atoms with E-state index < -0.39 is 0 Å². The normalized spacial score (nSPS) is 20.1. The molecule has 3 heterocycles. The molecule has 2 amide bonds. The number of nitrogens with one attached hydrogen (secondary N) is 1. The van der Waals surface area contributed by atoms with E-state index in [0.29, 0.717) is 19.6 Å². The Bertz CT molecular complexity index is 781. The molecule has 150 valence electrons. The summed E-state index contributed by atoms with van der Waals surface area (Å²) in [7, 11) is 0. The van der Waals surface area contributed by atoms with Crippen molar-refractivity contribution in [3.8, 4) is 0 Å². The number of carbonyl (C=O) groups excluding carboxylic acids is 1. The quantitative estimate of drug-likeness (QED) is 0.761. The molecular formula is C21H29N5O2. The molecule has 0 spiro atoms. The zero-order valence-electron chi connectivity index (χ0n) is 16.5. The third-order valence-corrected chi connectivity index (χ3v) is 5.86. The number of rotatable bonds is 8. The number of ether oxygens (including phenoxy) is 1. The lowest BCUT2D eigenvalue weighted by atomic mass is 10.1. The standard InChI is InChI=1S/C21H29N5O2/c1-17-23-10-11-25(17)16-21(6-7-21)15-24-20(27)26(14-19-3-2-12-28-19)13-18-4-8-22-9-5-18/h4-5,8-11,19H,2-3,6-7,12-16H2,1H3,(H,24,27). The highest BCUT2D eigenvalue weighted by atomic mass is 16.5.